The fraction of sp³-hybridized carbons (Fsp3) is 0.500. The van der Waals surface area contributed by atoms with Crippen LogP contribution in [0.25, 0.3) is 0 Å². The zero-order chi connectivity index (χ0) is 36.5. The normalized spacial score (nSPS) is 25.1. The van der Waals surface area contributed by atoms with Crippen molar-refractivity contribution in [1.29, 1.82) is 0 Å². The minimum absolute atomic E-state index is 0.0556. The van der Waals surface area contributed by atoms with E-state index in [-0.39, 0.29) is 31.4 Å². The number of methoxy groups -OCH3 is 1. The van der Waals surface area contributed by atoms with E-state index in [1.165, 1.54) is 12.0 Å². The molecule has 2 bridgehead atoms. The molecule has 3 aliphatic heterocycles. The Hall–Kier alpha value is -4.32. The standard InChI is InChI=1S/C40H51N3O8/c1-5-8-20-32(45)41-29(26-49-4)35(28-18-14-11-15-19-28)50-39(48)33-31-21-22-40(51-31)34(33)37(46)43(30(25-44)27-16-12-10-13-17-27)36(40)38(47)42(23-7-3)24-9-6-2/h5,7,10-19,29-31,33-36,44H,1,3,6,8-9,20-26H2,2,4H3,(H,41,45)/t29-,30+,31+,33-,34-,35-,36+,40-/m0/s1. The van der Waals surface area contributed by atoms with Crippen LogP contribution in [0.15, 0.2) is 86.0 Å². The molecule has 274 valence electrons. The molecule has 51 heavy (non-hydrogen) atoms. The molecule has 0 radical (unpaired) electrons. The summed E-state index contributed by atoms with van der Waals surface area (Å²) in [6, 6.07) is 15.5. The number of fused-ring (bicyclic) bond motifs is 1. The van der Waals surface area contributed by atoms with Crippen LogP contribution < -0.4 is 5.32 Å². The average molecular weight is 702 g/mol. The van der Waals surface area contributed by atoms with Gasteiger partial charge in [-0.15, -0.1) is 13.2 Å². The molecule has 8 atom stereocenters. The van der Waals surface area contributed by atoms with Crippen LogP contribution in [0.2, 0.25) is 0 Å². The fourth-order valence-electron chi connectivity index (χ4n) is 8.10. The summed E-state index contributed by atoms with van der Waals surface area (Å²) in [5, 5.41) is 13.8. The van der Waals surface area contributed by atoms with Crippen molar-refractivity contribution in [3.05, 3.63) is 97.1 Å². The van der Waals surface area contributed by atoms with Crippen molar-refractivity contribution in [1.82, 2.24) is 15.1 Å². The van der Waals surface area contributed by atoms with Gasteiger partial charge in [-0.1, -0.05) is 86.2 Å². The molecule has 0 unspecified atom stereocenters. The van der Waals surface area contributed by atoms with Crippen LogP contribution >= 0.6 is 0 Å². The van der Waals surface area contributed by atoms with E-state index in [9.17, 15) is 24.3 Å². The summed E-state index contributed by atoms with van der Waals surface area (Å²) in [6.07, 6.45) is 4.85. The topological polar surface area (TPSA) is 135 Å². The zero-order valence-corrected chi connectivity index (χ0v) is 29.7. The number of benzene rings is 2. The lowest BCUT2D eigenvalue weighted by atomic mass is 9.70. The molecular formula is C40H51N3O8. The highest BCUT2D eigenvalue weighted by atomic mass is 16.6. The highest BCUT2D eigenvalue weighted by Crippen LogP contribution is 2.60. The predicted octanol–water partition coefficient (Wildman–Crippen LogP) is 4.29. The number of rotatable bonds is 19. The first kappa shape index (κ1) is 37.9. The van der Waals surface area contributed by atoms with E-state index in [0.29, 0.717) is 36.9 Å². The van der Waals surface area contributed by atoms with Crippen molar-refractivity contribution in [3.8, 4) is 0 Å². The third-order valence-corrected chi connectivity index (χ3v) is 10.4. The Bertz CT molecular complexity index is 1540. The van der Waals surface area contributed by atoms with Gasteiger partial charge in [0.25, 0.3) is 0 Å². The van der Waals surface area contributed by atoms with Crippen LogP contribution in [0.5, 0.6) is 0 Å². The number of nitrogens with one attached hydrogen (secondary N) is 1. The number of nitrogens with zero attached hydrogens (tertiary/aromatic N) is 2. The molecule has 0 saturated carbocycles. The van der Waals surface area contributed by atoms with Crippen LogP contribution in [0, 0.1) is 11.8 Å². The van der Waals surface area contributed by atoms with Crippen molar-refractivity contribution in [2.24, 2.45) is 11.8 Å². The number of amides is 3. The summed E-state index contributed by atoms with van der Waals surface area (Å²) < 4.78 is 18.5. The Balaban J connectivity index is 1.53. The van der Waals surface area contributed by atoms with Crippen LogP contribution in [0.3, 0.4) is 0 Å². The smallest absolute Gasteiger partial charge is 0.313 e. The average Bonchev–Trinajstić information content (AvgIpc) is 3.79. The lowest BCUT2D eigenvalue weighted by Crippen LogP contribution is -2.57. The van der Waals surface area contributed by atoms with E-state index in [2.05, 4.69) is 18.5 Å². The number of likely N-dealkylation sites (tertiary alicyclic amines) is 1. The minimum Gasteiger partial charge on any atom is -0.455 e. The third kappa shape index (κ3) is 7.66. The predicted molar refractivity (Wildman–Crippen MR) is 191 cm³/mol. The lowest BCUT2D eigenvalue weighted by Gasteiger charge is -2.39. The van der Waals surface area contributed by atoms with Crippen molar-refractivity contribution in [2.75, 3.05) is 33.4 Å². The molecule has 0 aliphatic carbocycles. The number of aliphatic hydroxyl groups excluding tert-OH is 1. The van der Waals surface area contributed by atoms with Gasteiger partial charge in [0.2, 0.25) is 17.7 Å². The van der Waals surface area contributed by atoms with E-state index >= 15 is 0 Å². The van der Waals surface area contributed by atoms with Crippen LogP contribution in [-0.4, -0.2) is 95.8 Å². The first-order valence-corrected chi connectivity index (χ1v) is 18.0. The quantitative estimate of drug-likeness (QED) is 0.164. The van der Waals surface area contributed by atoms with Gasteiger partial charge in [0.15, 0.2) is 0 Å². The molecule has 5 rings (SSSR count). The Kier molecular flexibility index (Phi) is 12.8. The maximum atomic E-state index is 14.9. The van der Waals surface area contributed by atoms with Gasteiger partial charge in [0.1, 0.15) is 17.7 Å². The van der Waals surface area contributed by atoms with Gasteiger partial charge in [-0.25, -0.2) is 0 Å². The van der Waals surface area contributed by atoms with Crippen LogP contribution in [0.4, 0.5) is 0 Å². The molecule has 3 heterocycles. The Labute approximate surface area is 300 Å². The first-order chi connectivity index (χ1) is 24.8. The van der Waals surface area contributed by atoms with Crippen molar-refractivity contribution in [3.63, 3.8) is 0 Å². The summed E-state index contributed by atoms with van der Waals surface area (Å²) in [7, 11) is 1.50. The highest BCUT2D eigenvalue weighted by molar-refractivity contribution is 5.98. The van der Waals surface area contributed by atoms with Gasteiger partial charge in [0, 0.05) is 26.6 Å². The number of allylic oxidation sites excluding steroid dienone is 1. The van der Waals surface area contributed by atoms with Gasteiger partial charge in [0.05, 0.1) is 43.2 Å². The van der Waals surface area contributed by atoms with Crippen molar-refractivity contribution < 1.29 is 38.5 Å². The summed E-state index contributed by atoms with van der Waals surface area (Å²) in [6.45, 7) is 9.96. The molecule has 2 aromatic rings. The van der Waals surface area contributed by atoms with E-state index in [1.54, 1.807) is 17.1 Å². The maximum Gasteiger partial charge on any atom is 0.313 e. The number of unbranched alkanes of at least 4 members (excludes halogenated alkanes) is 1. The Morgan fingerprint density at radius 1 is 1.10 bits per heavy atom. The second kappa shape index (κ2) is 17.3. The number of hydrogen-bond acceptors (Lipinski definition) is 8. The van der Waals surface area contributed by atoms with Crippen molar-refractivity contribution in [2.45, 2.75) is 81.4 Å². The number of hydrogen-bond donors (Lipinski definition) is 2. The SMILES string of the molecule is C=CCCC(=O)N[C@@H](COC)[C@@H](OC(=O)[C@@H]1[C@H]2C(=O)N([C@H](CO)c3ccccc3)[C@H](C(=O)N(CC=C)CCCC)[C@]23CC[C@H]1O3)c1ccccc1. The molecule has 3 aliphatic rings. The van der Waals surface area contributed by atoms with Gasteiger partial charge in [-0.3, -0.25) is 19.2 Å². The first-order valence-electron chi connectivity index (χ1n) is 18.0. The molecule has 11 nitrogen and oxygen atoms in total. The molecule has 11 heteroatoms. The zero-order valence-electron chi connectivity index (χ0n) is 29.7. The van der Waals surface area contributed by atoms with Crippen LogP contribution in [0.1, 0.15) is 68.7 Å². The highest BCUT2D eigenvalue weighted by Gasteiger charge is 2.76. The van der Waals surface area contributed by atoms with E-state index in [0.717, 1.165) is 12.8 Å². The molecule has 2 aromatic carbocycles. The van der Waals surface area contributed by atoms with E-state index < -0.39 is 66.3 Å². The van der Waals surface area contributed by atoms with E-state index in [1.807, 2.05) is 67.6 Å². The lowest BCUT2D eigenvalue weighted by molar-refractivity contribution is -0.163. The number of ether oxygens (including phenoxy) is 3. The number of aliphatic hydroxyl groups is 1. The summed E-state index contributed by atoms with van der Waals surface area (Å²) in [4.78, 5) is 60.1. The molecule has 1 spiro atoms. The molecule has 0 aromatic heterocycles. The van der Waals surface area contributed by atoms with Gasteiger partial charge < -0.3 is 34.4 Å². The summed E-state index contributed by atoms with van der Waals surface area (Å²) >= 11 is 0. The summed E-state index contributed by atoms with van der Waals surface area (Å²) in [5.74, 6) is -3.67. The molecule has 3 amide bonds. The second-order valence-corrected chi connectivity index (χ2v) is 13.6. The second-order valence-electron chi connectivity index (χ2n) is 13.6. The van der Waals surface area contributed by atoms with Crippen molar-refractivity contribution >= 4 is 23.7 Å². The van der Waals surface area contributed by atoms with Gasteiger partial charge >= 0.3 is 5.97 Å². The molecule has 3 saturated heterocycles. The van der Waals surface area contributed by atoms with Gasteiger partial charge in [-0.05, 0) is 36.8 Å². The Morgan fingerprint density at radius 3 is 2.39 bits per heavy atom. The Morgan fingerprint density at radius 2 is 1.78 bits per heavy atom. The fourth-order valence-corrected chi connectivity index (χ4v) is 8.10. The molecule has 2 N–H and O–H groups in total. The third-order valence-electron chi connectivity index (χ3n) is 10.4. The van der Waals surface area contributed by atoms with E-state index in [4.69, 9.17) is 14.2 Å². The molecular weight excluding hydrogens is 650 g/mol. The van der Waals surface area contributed by atoms with Gasteiger partial charge in [-0.2, -0.15) is 0 Å². The number of carbonyl (C=O) groups is 4. The number of carbonyl (C=O) groups excluding carboxylic acids is 4. The monoisotopic (exact) mass is 701 g/mol. The largest absolute Gasteiger partial charge is 0.455 e. The molecule has 3 fully saturated rings. The summed E-state index contributed by atoms with van der Waals surface area (Å²) in [5.41, 5.74) is 0.00556. The number of esters is 1. The van der Waals surface area contributed by atoms with Crippen LogP contribution in [-0.2, 0) is 33.4 Å². The maximum absolute atomic E-state index is 14.9. The minimum atomic E-state index is -1.30.